The lowest BCUT2D eigenvalue weighted by Crippen LogP contribution is -2.10. The van der Waals surface area contributed by atoms with Gasteiger partial charge in [0.25, 0.3) is 0 Å². The zero-order valence-electron chi connectivity index (χ0n) is 12.5. The molecule has 0 saturated heterocycles. The van der Waals surface area contributed by atoms with Gasteiger partial charge in [-0.15, -0.1) is 0 Å². The van der Waals surface area contributed by atoms with Crippen molar-refractivity contribution in [2.75, 3.05) is 12.4 Å². The molecule has 21 heavy (non-hydrogen) atoms. The maximum atomic E-state index is 12.0. The van der Waals surface area contributed by atoms with E-state index in [0.29, 0.717) is 0 Å². The highest BCUT2D eigenvalue weighted by atomic mass is 16.5. The molecule has 0 saturated carbocycles. The van der Waals surface area contributed by atoms with Crippen LogP contribution in [0, 0.1) is 13.8 Å². The molecule has 0 unspecified atom stereocenters. The largest absolute Gasteiger partial charge is 0.497 e. The number of rotatable bonds is 4. The van der Waals surface area contributed by atoms with E-state index in [1.165, 1.54) is 6.08 Å². The summed E-state index contributed by atoms with van der Waals surface area (Å²) in [4.78, 5) is 12.0. The molecule has 3 nitrogen and oxygen atoms in total. The lowest BCUT2D eigenvalue weighted by Gasteiger charge is -2.09. The summed E-state index contributed by atoms with van der Waals surface area (Å²) >= 11 is 0. The van der Waals surface area contributed by atoms with Crippen molar-refractivity contribution < 1.29 is 9.53 Å². The molecule has 0 bridgehead atoms. The third-order valence-electron chi connectivity index (χ3n) is 3.27. The number of amides is 1. The topological polar surface area (TPSA) is 38.3 Å². The SMILES string of the molecule is COc1ccc(C=CC(=O)Nc2c(C)cccc2C)cc1. The van der Waals surface area contributed by atoms with Crippen LogP contribution in [-0.4, -0.2) is 13.0 Å². The summed E-state index contributed by atoms with van der Waals surface area (Å²) < 4.78 is 5.10. The minimum absolute atomic E-state index is 0.136. The first kappa shape index (κ1) is 14.9. The predicted octanol–water partition coefficient (Wildman–Crippen LogP) is 3.96. The number of carbonyl (C=O) groups excluding carboxylic acids is 1. The fraction of sp³-hybridized carbons (Fsp3) is 0.167. The molecule has 0 radical (unpaired) electrons. The van der Waals surface area contributed by atoms with Gasteiger partial charge in [0.15, 0.2) is 0 Å². The van der Waals surface area contributed by atoms with Crippen molar-refractivity contribution in [3.63, 3.8) is 0 Å². The smallest absolute Gasteiger partial charge is 0.248 e. The van der Waals surface area contributed by atoms with Gasteiger partial charge in [0.1, 0.15) is 5.75 Å². The number of anilines is 1. The van der Waals surface area contributed by atoms with Gasteiger partial charge < -0.3 is 10.1 Å². The number of benzene rings is 2. The van der Waals surface area contributed by atoms with Crippen molar-refractivity contribution >= 4 is 17.7 Å². The Morgan fingerprint density at radius 1 is 1.05 bits per heavy atom. The summed E-state index contributed by atoms with van der Waals surface area (Å²) in [5, 5.41) is 2.92. The highest BCUT2D eigenvalue weighted by Crippen LogP contribution is 2.19. The molecule has 2 aromatic rings. The second-order valence-corrected chi connectivity index (χ2v) is 4.86. The number of nitrogens with one attached hydrogen (secondary N) is 1. The molecule has 2 rings (SSSR count). The second kappa shape index (κ2) is 6.75. The summed E-state index contributed by atoms with van der Waals surface area (Å²) in [6, 6.07) is 13.5. The van der Waals surface area contributed by atoms with E-state index in [0.717, 1.165) is 28.1 Å². The molecule has 1 N–H and O–H groups in total. The van der Waals surface area contributed by atoms with Crippen molar-refractivity contribution in [3.8, 4) is 5.75 Å². The summed E-state index contributed by atoms with van der Waals surface area (Å²) in [5.41, 5.74) is 3.94. The van der Waals surface area contributed by atoms with Crippen LogP contribution < -0.4 is 10.1 Å². The average Bonchev–Trinajstić information content (AvgIpc) is 2.49. The van der Waals surface area contributed by atoms with E-state index in [4.69, 9.17) is 4.74 Å². The maximum absolute atomic E-state index is 12.0. The number of aryl methyl sites for hydroxylation is 2. The number of ether oxygens (including phenoxy) is 1. The molecule has 2 aromatic carbocycles. The molecule has 3 heteroatoms. The van der Waals surface area contributed by atoms with Crippen LogP contribution in [0.2, 0.25) is 0 Å². The van der Waals surface area contributed by atoms with E-state index in [2.05, 4.69) is 5.32 Å². The van der Waals surface area contributed by atoms with Crippen molar-refractivity contribution in [2.24, 2.45) is 0 Å². The fourth-order valence-corrected chi connectivity index (χ4v) is 2.06. The van der Waals surface area contributed by atoms with Crippen LogP contribution in [0.5, 0.6) is 5.75 Å². The Hall–Kier alpha value is -2.55. The second-order valence-electron chi connectivity index (χ2n) is 4.86. The van der Waals surface area contributed by atoms with E-state index >= 15 is 0 Å². The number of carbonyl (C=O) groups is 1. The van der Waals surface area contributed by atoms with Crippen molar-refractivity contribution in [1.82, 2.24) is 0 Å². The summed E-state index contributed by atoms with van der Waals surface area (Å²) in [6.07, 6.45) is 3.32. The summed E-state index contributed by atoms with van der Waals surface area (Å²) in [5.74, 6) is 0.662. The average molecular weight is 281 g/mol. The quantitative estimate of drug-likeness (QED) is 0.861. The monoisotopic (exact) mass is 281 g/mol. The minimum Gasteiger partial charge on any atom is -0.497 e. The molecule has 0 aromatic heterocycles. The third-order valence-corrected chi connectivity index (χ3v) is 3.27. The van der Waals surface area contributed by atoms with E-state index in [-0.39, 0.29) is 5.91 Å². The van der Waals surface area contributed by atoms with Gasteiger partial charge in [-0.2, -0.15) is 0 Å². The van der Waals surface area contributed by atoms with Gasteiger partial charge >= 0.3 is 0 Å². The van der Waals surface area contributed by atoms with Crippen LogP contribution in [-0.2, 0) is 4.79 Å². The Labute approximate surface area is 125 Å². The highest BCUT2D eigenvalue weighted by Gasteiger charge is 2.04. The number of methoxy groups -OCH3 is 1. The Balaban J connectivity index is 2.05. The first-order valence-electron chi connectivity index (χ1n) is 6.79. The molecule has 108 valence electrons. The normalized spacial score (nSPS) is 10.6. The van der Waals surface area contributed by atoms with E-state index in [1.807, 2.05) is 56.3 Å². The number of hydrogen-bond acceptors (Lipinski definition) is 2. The maximum Gasteiger partial charge on any atom is 0.248 e. The summed E-state index contributed by atoms with van der Waals surface area (Å²) in [7, 11) is 1.63. The molecule has 0 aliphatic carbocycles. The van der Waals surface area contributed by atoms with Crippen LogP contribution in [0.3, 0.4) is 0 Å². The molecule has 0 aliphatic rings. The molecular weight excluding hydrogens is 262 g/mol. The zero-order chi connectivity index (χ0) is 15.2. The molecule has 1 amide bonds. The molecule has 0 fully saturated rings. The van der Waals surface area contributed by atoms with Crippen molar-refractivity contribution in [2.45, 2.75) is 13.8 Å². The van der Waals surface area contributed by atoms with Gasteiger partial charge in [-0.1, -0.05) is 30.3 Å². The van der Waals surface area contributed by atoms with Gasteiger partial charge in [0, 0.05) is 11.8 Å². The van der Waals surface area contributed by atoms with Gasteiger partial charge in [0.2, 0.25) is 5.91 Å². The summed E-state index contributed by atoms with van der Waals surface area (Å²) in [6.45, 7) is 3.96. The van der Waals surface area contributed by atoms with Crippen LogP contribution in [0.4, 0.5) is 5.69 Å². The van der Waals surface area contributed by atoms with Crippen molar-refractivity contribution in [3.05, 3.63) is 65.2 Å². The van der Waals surface area contributed by atoms with Crippen LogP contribution in [0.25, 0.3) is 6.08 Å². The van der Waals surface area contributed by atoms with Gasteiger partial charge in [0.05, 0.1) is 7.11 Å². The Bertz CT molecular complexity index is 637. The van der Waals surface area contributed by atoms with E-state index < -0.39 is 0 Å². The molecule has 0 aliphatic heterocycles. The highest BCUT2D eigenvalue weighted by molar-refractivity contribution is 6.02. The number of para-hydroxylation sites is 1. The van der Waals surface area contributed by atoms with Crippen LogP contribution >= 0.6 is 0 Å². The van der Waals surface area contributed by atoms with E-state index in [1.54, 1.807) is 13.2 Å². The van der Waals surface area contributed by atoms with Gasteiger partial charge in [-0.05, 0) is 48.7 Å². The third kappa shape index (κ3) is 3.96. The van der Waals surface area contributed by atoms with Gasteiger partial charge in [-0.25, -0.2) is 0 Å². The first-order chi connectivity index (χ1) is 10.1. The zero-order valence-corrected chi connectivity index (χ0v) is 12.5. The predicted molar refractivity (Wildman–Crippen MR) is 86.6 cm³/mol. The lowest BCUT2D eigenvalue weighted by atomic mass is 10.1. The van der Waals surface area contributed by atoms with Crippen molar-refractivity contribution in [1.29, 1.82) is 0 Å². The van der Waals surface area contributed by atoms with Crippen LogP contribution in [0.1, 0.15) is 16.7 Å². The van der Waals surface area contributed by atoms with Gasteiger partial charge in [-0.3, -0.25) is 4.79 Å². The minimum atomic E-state index is -0.136. The van der Waals surface area contributed by atoms with Crippen LogP contribution in [0.15, 0.2) is 48.5 Å². The lowest BCUT2D eigenvalue weighted by molar-refractivity contribution is -0.111. The standard InChI is InChI=1S/C18H19NO2/c1-13-5-4-6-14(2)18(13)19-17(20)12-9-15-7-10-16(21-3)11-8-15/h4-12H,1-3H3,(H,19,20). The number of hydrogen-bond donors (Lipinski definition) is 1. The molecule has 0 heterocycles. The first-order valence-corrected chi connectivity index (χ1v) is 6.79. The molecular formula is C18H19NO2. The fourth-order valence-electron chi connectivity index (χ4n) is 2.06. The van der Waals surface area contributed by atoms with E-state index in [9.17, 15) is 4.79 Å². The molecule has 0 atom stereocenters. The Morgan fingerprint density at radius 3 is 2.24 bits per heavy atom. The Kier molecular flexibility index (Phi) is 4.77. The molecule has 0 spiro atoms. The Morgan fingerprint density at radius 2 is 1.67 bits per heavy atom.